The topological polar surface area (TPSA) is 38.3 Å². The second kappa shape index (κ2) is 8.49. The first-order valence-corrected chi connectivity index (χ1v) is 9.25. The van der Waals surface area contributed by atoms with E-state index in [1.807, 2.05) is 32.0 Å². The predicted octanol–water partition coefficient (Wildman–Crippen LogP) is 6.05. The van der Waals surface area contributed by atoms with Gasteiger partial charge in [0, 0.05) is 5.56 Å². The summed E-state index contributed by atoms with van der Waals surface area (Å²) in [4.78, 5) is 11.7. The maximum absolute atomic E-state index is 13.3. The van der Waals surface area contributed by atoms with E-state index in [2.05, 4.69) is 5.32 Å². The summed E-state index contributed by atoms with van der Waals surface area (Å²) in [6.07, 6.45) is -2.18. The zero-order valence-electron chi connectivity index (χ0n) is 14.7. The van der Waals surface area contributed by atoms with E-state index in [1.165, 1.54) is 18.4 Å². The fourth-order valence-electron chi connectivity index (χ4n) is 2.51. The van der Waals surface area contributed by atoms with Crippen molar-refractivity contribution in [2.75, 3.05) is 11.6 Å². The molecule has 26 heavy (non-hydrogen) atoms. The summed E-state index contributed by atoms with van der Waals surface area (Å²) < 4.78 is 45.6. The van der Waals surface area contributed by atoms with Gasteiger partial charge >= 0.3 is 6.18 Å². The number of benzene rings is 2. The van der Waals surface area contributed by atoms with E-state index in [1.54, 1.807) is 0 Å². The molecule has 2 aromatic rings. The maximum Gasteiger partial charge on any atom is 0.418 e. The van der Waals surface area contributed by atoms with Gasteiger partial charge in [-0.25, -0.2) is 0 Å². The van der Waals surface area contributed by atoms with Crippen LogP contribution in [0.15, 0.2) is 36.4 Å². The molecule has 0 bridgehead atoms. The molecule has 7 heteroatoms. The fourth-order valence-corrected chi connectivity index (χ4v) is 2.71. The molecule has 0 heterocycles. The van der Waals surface area contributed by atoms with Crippen molar-refractivity contribution in [3.63, 3.8) is 0 Å². The van der Waals surface area contributed by atoms with Gasteiger partial charge in [0.1, 0.15) is 12.4 Å². The molecule has 0 radical (unpaired) electrons. The highest BCUT2D eigenvalue weighted by Crippen LogP contribution is 2.37. The number of aryl methyl sites for hydroxylation is 2. The molecular formula is C19H20F3NO2S. The second-order valence-electron chi connectivity index (χ2n) is 5.70. The normalized spacial score (nSPS) is 11.3. The third-order valence-corrected chi connectivity index (χ3v) is 4.37. The smallest absolute Gasteiger partial charge is 0.418 e. The lowest BCUT2D eigenvalue weighted by Gasteiger charge is -2.18. The number of amides is 1. The molecule has 0 saturated carbocycles. The highest BCUT2D eigenvalue weighted by Gasteiger charge is 2.35. The van der Waals surface area contributed by atoms with Gasteiger partial charge in [-0.1, -0.05) is 43.0 Å². The number of carbonyl (C=O) groups excluding carboxylic acids is 1. The Morgan fingerprint density at radius 1 is 1.23 bits per heavy atom. The van der Waals surface area contributed by atoms with Crippen molar-refractivity contribution in [2.24, 2.45) is 0 Å². The van der Waals surface area contributed by atoms with Gasteiger partial charge in [-0.15, -0.1) is 0 Å². The van der Waals surface area contributed by atoms with Crippen LogP contribution in [0.1, 0.15) is 29.2 Å². The largest absolute Gasteiger partial charge is 0.489 e. The van der Waals surface area contributed by atoms with Crippen LogP contribution in [0.25, 0.3) is 0 Å². The van der Waals surface area contributed by atoms with E-state index in [9.17, 15) is 18.0 Å². The Morgan fingerprint density at radius 2 is 1.96 bits per heavy atom. The summed E-state index contributed by atoms with van der Waals surface area (Å²) in [5.74, 6) is 0.599. The molecule has 0 aliphatic heterocycles. The van der Waals surface area contributed by atoms with Crippen LogP contribution in [-0.4, -0.2) is 11.5 Å². The van der Waals surface area contributed by atoms with Crippen molar-refractivity contribution < 1.29 is 22.7 Å². The fraction of sp³-hybridized carbons (Fsp3) is 0.316. The Morgan fingerprint density at radius 3 is 2.54 bits per heavy atom. The number of carbonyl (C=O) groups is 1. The highest BCUT2D eigenvalue weighted by molar-refractivity contribution is 8.13. The van der Waals surface area contributed by atoms with Crippen LogP contribution in [0.3, 0.4) is 0 Å². The number of para-hydroxylation sites is 1. The summed E-state index contributed by atoms with van der Waals surface area (Å²) in [6.45, 7) is 3.84. The first kappa shape index (κ1) is 20.2. The second-order valence-corrected chi connectivity index (χ2v) is 6.48. The highest BCUT2D eigenvalue weighted by atomic mass is 32.2. The molecule has 2 rings (SSSR count). The Bertz CT molecular complexity index is 791. The molecular weight excluding hydrogens is 363 g/mol. The zero-order valence-corrected chi connectivity index (χ0v) is 15.6. The average Bonchev–Trinajstić information content (AvgIpc) is 2.60. The van der Waals surface area contributed by atoms with Gasteiger partial charge in [0.05, 0.1) is 11.3 Å². The standard InChI is InChI=1S/C19H20F3NO2S/c1-4-13-8-9-16(12(2)10-13)25-11-14-6-5-7-15(19(20,21)22)17(14)23-18(24)26-3/h5-10H,4,11H2,1-3H3,(H,23,24). The van der Waals surface area contributed by atoms with Crippen LogP contribution in [0.5, 0.6) is 5.75 Å². The number of ether oxygens (including phenoxy) is 1. The minimum absolute atomic E-state index is 0.0831. The van der Waals surface area contributed by atoms with Crippen LogP contribution >= 0.6 is 11.8 Å². The van der Waals surface area contributed by atoms with Crippen molar-refractivity contribution >= 4 is 22.7 Å². The van der Waals surface area contributed by atoms with Crippen molar-refractivity contribution in [1.29, 1.82) is 0 Å². The SMILES string of the molecule is CCc1ccc(OCc2cccc(C(F)(F)F)c2NC(=O)SC)c(C)c1. The zero-order chi connectivity index (χ0) is 19.3. The van der Waals surface area contributed by atoms with Crippen molar-refractivity contribution in [2.45, 2.75) is 33.1 Å². The van der Waals surface area contributed by atoms with E-state index in [0.29, 0.717) is 5.75 Å². The van der Waals surface area contributed by atoms with Crippen LogP contribution in [0.2, 0.25) is 0 Å². The van der Waals surface area contributed by atoms with Crippen molar-refractivity contribution in [1.82, 2.24) is 0 Å². The molecule has 0 aliphatic rings. The van der Waals surface area contributed by atoms with E-state index in [0.717, 1.165) is 35.4 Å². The summed E-state index contributed by atoms with van der Waals surface area (Å²) in [5, 5.41) is 1.77. The number of nitrogens with one attached hydrogen (secondary N) is 1. The van der Waals surface area contributed by atoms with Gasteiger partial charge in [0.25, 0.3) is 5.24 Å². The molecule has 0 atom stereocenters. The minimum Gasteiger partial charge on any atom is -0.489 e. The Kier molecular flexibility index (Phi) is 6.58. The Balaban J connectivity index is 2.32. The maximum atomic E-state index is 13.3. The third kappa shape index (κ3) is 4.94. The summed E-state index contributed by atoms with van der Waals surface area (Å²) in [7, 11) is 0. The first-order valence-electron chi connectivity index (χ1n) is 8.02. The van der Waals surface area contributed by atoms with E-state index in [4.69, 9.17) is 4.74 Å². The number of hydrogen-bond donors (Lipinski definition) is 1. The molecule has 3 nitrogen and oxygen atoms in total. The summed E-state index contributed by atoms with van der Waals surface area (Å²) in [5.41, 5.74) is 1.18. The third-order valence-electron chi connectivity index (χ3n) is 3.90. The van der Waals surface area contributed by atoms with Crippen LogP contribution in [0, 0.1) is 6.92 Å². The molecule has 2 aromatic carbocycles. The molecule has 0 aromatic heterocycles. The van der Waals surface area contributed by atoms with Crippen LogP contribution < -0.4 is 10.1 Å². The number of hydrogen-bond acceptors (Lipinski definition) is 3. The average molecular weight is 383 g/mol. The lowest BCUT2D eigenvalue weighted by molar-refractivity contribution is -0.137. The summed E-state index contributed by atoms with van der Waals surface area (Å²) >= 11 is 0.810. The van der Waals surface area contributed by atoms with Crippen LogP contribution in [0.4, 0.5) is 23.7 Å². The van der Waals surface area contributed by atoms with Gasteiger partial charge in [-0.3, -0.25) is 4.79 Å². The Hall–Kier alpha value is -2.15. The lowest BCUT2D eigenvalue weighted by atomic mass is 10.1. The molecule has 0 aliphatic carbocycles. The molecule has 0 saturated heterocycles. The molecule has 140 valence electrons. The quantitative estimate of drug-likeness (QED) is 0.683. The molecule has 0 spiro atoms. The minimum atomic E-state index is -4.57. The van der Waals surface area contributed by atoms with Gasteiger partial charge in [0.15, 0.2) is 0 Å². The number of alkyl halides is 3. The molecule has 1 amide bonds. The van der Waals surface area contributed by atoms with E-state index < -0.39 is 17.0 Å². The predicted molar refractivity (Wildman–Crippen MR) is 98.9 cm³/mol. The Labute approximate surface area is 154 Å². The molecule has 1 N–H and O–H groups in total. The van der Waals surface area contributed by atoms with Gasteiger partial charge in [-0.2, -0.15) is 13.2 Å². The van der Waals surface area contributed by atoms with Crippen LogP contribution in [-0.2, 0) is 19.2 Å². The van der Waals surface area contributed by atoms with Gasteiger partial charge < -0.3 is 10.1 Å². The first-order chi connectivity index (χ1) is 12.3. The lowest BCUT2D eigenvalue weighted by Crippen LogP contribution is -2.16. The monoisotopic (exact) mass is 383 g/mol. The number of thioether (sulfide) groups is 1. The van der Waals surface area contributed by atoms with Crippen molar-refractivity contribution in [3.05, 3.63) is 58.7 Å². The number of halogens is 3. The van der Waals surface area contributed by atoms with Crippen molar-refractivity contribution in [3.8, 4) is 5.75 Å². The van der Waals surface area contributed by atoms with Gasteiger partial charge in [-0.05, 0) is 42.9 Å². The molecule has 0 fully saturated rings. The number of rotatable bonds is 5. The van der Waals surface area contributed by atoms with E-state index >= 15 is 0 Å². The number of anilines is 1. The van der Waals surface area contributed by atoms with Gasteiger partial charge in [0.2, 0.25) is 0 Å². The summed E-state index contributed by atoms with van der Waals surface area (Å²) in [6, 6.07) is 9.48. The molecule has 0 unspecified atom stereocenters. The van der Waals surface area contributed by atoms with E-state index in [-0.39, 0.29) is 17.9 Å².